The number of carbonyl (C=O) groups excluding carboxylic acids is 1. The van der Waals surface area contributed by atoms with E-state index in [0.29, 0.717) is 12.1 Å². The molecular formula is C16H17FN2O2. The maximum absolute atomic E-state index is 13.3. The van der Waals surface area contributed by atoms with Gasteiger partial charge < -0.3 is 16.2 Å². The predicted molar refractivity (Wildman–Crippen MR) is 79.6 cm³/mol. The standard InChI is InChI=1S/C16H17FN2O2/c1-10-6-12(17)9-13(7-10)19-16(21)15(18)8-11-2-4-14(20)5-3-11/h2-7,9,15,20H,8,18H2,1H3,(H,19,21)/t15-/m0/s1. The van der Waals surface area contributed by atoms with Gasteiger partial charge in [-0.1, -0.05) is 12.1 Å². The molecule has 21 heavy (non-hydrogen) atoms. The smallest absolute Gasteiger partial charge is 0.241 e. The van der Waals surface area contributed by atoms with Crippen LogP contribution in [-0.4, -0.2) is 17.1 Å². The lowest BCUT2D eigenvalue weighted by atomic mass is 10.1. The summed E-state index contributed by atoms with van der Waals surface area (Å²) in [5.41, 5.74) is 7.79. The fraction of sp³-hybridized carbons (Fsp3) is 0.188. The number of benzene rings is 2. The van der Waals surface area contributed by atoms with Crippen molar-refractivity contribution in [2.75, 3.05) is 5.32 Å². The molecule has 110 valence electrons. The topological polar surface area (TPSA) is 75.4 Å². The highest BCUT2D eigenvalue weighted by Crippen LogP contribution is 2.15. The van der Waals surface area contributed by atoms with Gasteiger partial charge in [-0.2, -0.15) is 0 Å². The van der Waals surface area contributed by atoms with Crippen LogP contribution in [0.4, 0.5) is 10.1 Å². The second-order valence-electron chi connectivity index (χ2n) is 4.98. The predicted octanol–water partition coefficient (Wildman–Crippen LogP) is 2.35. The number of halogens is 1. The summed E-state index contributed by atoms with van der Waals surface area (Å²) in [5, 5.41) is 11.8. The van der Waals surface area contributed by atoms with E-state index in [1.165, 1.54) is 24.3 Å². The number of aryl methyl sites for hydroxylation is 1. The van der Waals surface area contributed by atoms with Crippen LogP contribution in [0, 0.1) is 12.7 Å². The molecule has 0 unspecified atom stereocenters. The van der Waals surface area contributed by atoms with E-state index < -0.39 is 11.9 Å². The van der Waals surface area contributed by atoms with Crippen LogP contribution >= 0.6 is 0 Å². The van der Waals surface area contributed by atoms with Gasteiger partial charge in [0.2, 0.25) is 5.91 Å². The average Bonchev–Trinajstić information content (AvgIpc) is 2.40. The molecule has 0 aromatic heterocycles. The summed E-state index contributed by atoms with van der Waals surface area (Å²) >= 11 is 0. The molecule has 0 bridgehead atoms. The monoisotopic (exact) mass is 288 g/mol. The van der Waals surface area contributed by atoms with Crippen LogP contribution in [-0.2, 0) is 11.2 Å². The van der Waals surface area contributed by atoms with Crippen LogP contribution in [0.2, 0.25) is 0 Å². The molecule has 2 aromatic rings. The van der Waals surface area contributed by atoms with Crippen molar-refractivity contribution >= 4 is 11.6 Å². The fourth-order valence-corrected chi connectivity index (χ4v) is 2.02. The molecule has 1 atom stereocenters. The van der Waals surface area contributed by atoms with Gasteiger partial charge in [0.15, 0.2) is 0 Å². The van der Waals surface area contributed by atoms with Gasteiger partial charge in [0.25, 0.3) is 0 Å². The summed E-state index contributed by atoms with van der Waals surface area (Å²) in [6.07, 6.45) is 0.334. The first-order valence-electron chi connectivity index (χ1n) is 6.55. The lowest BCUT2D eigenvalue weighted by Gasteiger charge is -2.13. The van der Waals surface area contributed by atoms with Crippen molar-refractivity contribution in [2.45, 2.75) is 19.4 Å². The van der Waals surface area contributed by atoms with Gasteiger partial charge in [-0.15, -0.1) is 0 Å². The third-order valence-electron chi connectivity index (χ3n) is 3.04. The van der Waals surface area contributed by atoms with Crippen LogP contribution in [0.3, 0.4) is 0 Å². The first kappa shape index (κ1) is 15.0. The molecule has 2 aromatic carbocycles. The van der Waals surface area contributed by atoms with E-state index in [2.05, 4.69) is 5.32 Å². The maximum Gasteiger partial charge on any atom is 0.241 e. The summed E-state index contributed by atoms with van der Waals surface area (Å²) in [5.74, 6) is -0.627. The van der Waals surface area contributed by atoms with Crippen molar-refractivity contribution in [1.82, 2.24) is 0 Å². The van der Waals surface area contributed by atoms with Gasteiger partial charge in [0.1, 0.15) is 11.6 Å². The van der Waals surface area contributed by atoms with Crippen LogP contribution in [0.25, 0.3) is 0 Å². The number of amides is 1. The number of carbonyl (C=O) groups is 1. The van der Waals surface area contributed by atoms with E-state index in [0.717, 1.165) is 11.1 Å². The summed E-state index contributed by atoms with van der Waals surface area (Å²) in [4.78, 5) is 12.0. The second kappa shape index (κ2) is 6.37. The fourth-order valence-electron chi connectivity index (χ4n) is 2.02. The third-order valence-corrected chi connectivity index (χ3v) is 3.04. The van der Waals surface area contributed by atoms with E-state index in [1.807, 2.05) is 0 Å². The van der Waals surface area contributed by atoms with Crippen LogP contribution < -0.4 is 11.1 Å². The van der Waals surface area contributed by atoms with Crippen LogP contribution in [0.1, 0.15) is 11.1 Å². The molecule has 0 aliphatic carbocycles. The van der Waals surface area contributed by atoms with Crippen molar-refractivity contribution in [3.05, 3.63) is 59.4 Å². The maximum atomic E-state index is 13.3. The minimum Gasteiger partial charge on any atom is -0.508 e. The van der Waals surface area contributed by atoms with E-state index in [9.17, 15) is 14.3 Å². The van der Waals surface area contributed by atoms with E-state index in [-0.39, 0.29) is 11.7 Å². The summed E-state index contributed by atoms with van der Waals surface area (Å²) in [6, 6.07) is 10.0. The zero-order valence-electron chi connectivity index (χ0n) is 11.6. The molecule has 4 N–H and O–H groups in total. The van der Waals surface area contributed by atoms with E-state index in [1.54, 1.807) is 25.1 Å². The molecule has 0 saturated carbocycles. The Labute approximate surface area is 122 Å². The number of phenols is 1. The normalized spacial score (nSPS) is 12.0. The summed E-state index contributed by atoms with van der Waals surface area (Å²) < 4.78 is 13.3. The van der Waals surface area contributed by atoms with Gasteiger partial charge in [-0.3, -0.25) is 4.79 Å². The lowest BCUT2D eigenvalue weighted by molar-refractivity contribution is -0.117. The van der Waals surface area contributed by atoms with Crippen LogP contribution in [0.15, 0.2) is 42.5 Å². The Bertz CT molecular complexity index is 621. The molecule has 0 aliphatic rings. The molecule has 0 heterocycles. The number of hydrogen-bond acceptors (Lipinski definition) is 3. The number of aromatic hydroxyl groups is 1. The SMILES string of the molecule is Cc1cc(F)cc(NC(=O)[C@@H](N)Cc2ccc(O)cc2)c1. The van der Waals surface area contributed by atoms with Crippen molar-refractivity contribution in [1.29, 1.82) is 0 Å². The highest BCUT2D eigenvalue weighted by atomic mass is 19.1. The Kier molecular flexibility index (Phi) is 4.55. The summed E-state index contributed by atoms with van der Waals surface area (Å²) in [7, 11) is 0. The molecule has 0 aliphatic heterocycles. The molecule has 5 heteroatoms. The van der Waals surface area contributed by atoms with Gasteiger partial charge in [-0.25, -0.2) is 4.39 Å². The molecule has 4 nitrogen and oxygen atoms in total. The number of rotatable bonds is 4. The Morgan fingerprint density at radius 1 is 1.29 bits per heavy atom. The number of phenolic OH excluding ortho intramolecular Hbond substituents is 1. The largest absolute Gasteiger partial charge is 0.508 e. The molecule has 2 rings (SSSR count). The van der Waals surface area contributed by atoms with Crippen molar-refractivity contribution in [3.63, 3.8) is 0 Å². The highest BCUT2D eigenvalue weighted by molar-refractivity contribution is 5.94. The number of nitrogens with one attached hydrogen (secondary N) is 1. The molecule has 0 spiro atoms. The molecule has 1 amide bonds. The Morgan fingerprint density at radius 3 is 2.57 bits per heavy atom. The van der Waals surface area contributed by atoms with Gasteiger partial charge >= 0.3 is 0 Å². The lowest BCUT2D eigenvalue weighted by Crippen LogP contribution is -2.37. The third kappa shape index (κ3) is 4.29. The molecule has 0 radical (unpaired) electrons. The van der Waals surface area contributed by atoms with Gasteiger partial charge in [-0.05, 0) is 54.8 Å². The number of anilines is 1. The van der Waals surface area contributed by atoms with E-state index in [4.69, 9.17) is 5.73 Å². The summed E-state index contributed by atoms with van der Waals surface area (Å²) in [6.45, 7) is 1.75. The van der Waals surface area contributed by atoms with Crippen molar-refractivity contribution in [2.24, 2.45) is 5.73 Å². The zero-order valence-corrected chi connectivity index (χ0v) is 11.6. The zero-order chi connectivity index (χ0) is 15.4. The van der Waals surface area contributed by atoms with E-state index >= 15 is 0 Å². The molecular weight excluding hydrogens is 271 g/mol. The Balaban J connectivity index is 2.00. The van der Waals surface area contributed by atoms with Crippen molar-refractivity contribution in [3.8, 4) is 5.75 Å². The van der Waals surface area contributed by atoms with Gasteiger partial charge in [0.05, 0.1) is 6.04 Å². The Morgan fingerprint density at radius 2 is 1.95 bits per heavy atom. The Hall–Kier alpha value is -2.40. The second-order valence-corrected chi connectivity index (χ2v) is 4.98. The number of hydrogen-bond donors (Lipinski definition) is 3. The molecule has 0 fully saturated rings. The average molecular weight is 288 g/mol. The minimum absolute atomic E-state index is 0.159. The molecule has 0 saturated heterocycles. The quantitative estimate of drug-likeness (QED) is 0.808. The minimum atomic E-state index is -0.752. The first-order chi connectivity index (χ1) is 9.94. The first-order valence-corrected chi connectivity index (χ1v) is 6.55. The van der Waals surface area contributed by atoms with Gasteiger partial charge in [0, 0.05) is 5.69 Å². The van der Waals surface area contributed by atoms with Crippen LogP contribution in [0.5, 0.6) is 5.75 Å². The highest BCUT2D eigenvalue weighted by Gasteiger charge is 2.14. The van der Waals surface area contributed by atoms with Crippen molar-refractivity contribution < 1.29 is 14.3 Å². The number of nitrogens with two attached hydrogens (primary N) is 1.